The summed E-state index contributed by atoms with van der Waals surface area (Å²) < 4.78 is 10.3. The van der Waals surface area contributed by atoms with Crippen LogP contribution in [0.5, 0.6) is 0 Å². The van der Waals surface area contributed by atoms with Crippen LogP contribution >= 0.6 is 0 Å². The second-order valence-corrected chi connectivity index (χ2v) is 4.92. The zero-order chi connectivity index (χ0) is 13.0. The molecule has 1 saturated carbocycles. The summed E-state index contributed by atoms with van der Waals surface area (Å²) in [4.78, 5) is 4.26. The molecule has 0 amide bonds. The number of aliphatic hydroxyl groups excluding tert-OH is 1. The molecule has 0 aromatic carbocycles. The molecular formula is C12H21N3O3. The molecule has 2 rings (SSSR count). The Hall–Kier alpha value is -0.980. The minimum Gasteiger partial charge on any atom is -0.394 e. The van der Waals surface area contributed by atoms with Gasteiger partial charge in [-0.15, -0.1) is 0 Å². The van der Waals surface area contributed by atoms with Crippen molar-refractivity contribution in [2.24, 2.45) is 0 Å². The molecule has 1 atom stereocenters. The van der Waals surface area contributed by atoms with Crippen LogP contribution in [0.4, 0.5) is 0 Å². The smallest absolute Gasteiger partial charge is 0.240 e. The molecule has 2 N–H and O–H groups in total. The molecule has 0 radical (unpaired) electrons. The van der Waals surface area contributed by atoms with E-state index in [-0.39, 0.29) is 18.2 Å². The molecule has 1 aromatic heterocycles. The number of aliphatic hydroxyl groups is 1. The summed E-state index contributed by atoms with van der Waals surface area (Å²) in [5, 5.41) is 16.7. The van der Waals surface area contributed by atoms with Crippen LogP contribution in [0.15, 0.2) is 4.52 Å². The van der Waals surface area contributed by atoms with E-state index in [2.05, 4.69) is 15.5 Å². The highest BCUT2D eigenvalue weighted by Crippen LogP contribution is 2.29. The summed E-state index contributed by atoms with van der Waals surface area (Å²) in [6, 6.07) is 0. The fourth-order valence-corrected chi connectivity index (χ4v) is 2.32. The number of methoxy groups -OCH3 is 1. The Morgan fingerprint density at radius 1 is 1.50 bits per heavy atom. The van der Waals surface area contributed by atoms with Crippen molar-refractivity contribution in [3.63, 3.8) is 0 Å². The Morgan fingerprint density at radius 2 is 2.22 bits per heavy atom. The number of aromatic nitrogens is 2. The standard InChI is InChI=1S/C12H21N3O3/c1-9(17-2)11-14-10(18-15-11)7-13-12(8-16)5-3-4-6-12/h9,13,16H,3-8H2,1-2H3. The quantitative estimate of drug-likeness (QED) is 0.794. The summed E-state index contributed by atoms with van der Waals surface area (Å²) in [6.45, 7) is 2.51. The molecule has 18 heavy (non-hydrogen) atoms. The van der Waals surface area contributed by atoms with E-state index in [9.17, 15) is 5.11 Å². The zero-order valence-corrected chi connectivity index (χ0v) is 11.0. The SMILES string of the molecule is COC(C)c1noc(CNC2(CO)CCCC2)n1. The highest BCUT2D eigenvalue weighted by molar-refractivity contribution is 4.95. The Kier molecular flexibility index (Phi) is 4.31. The van der Waals surface area contributed by atoms with Crippen LogP contribution in [0, 0.1) is 0 Å². The van der Waals surface area contributed by atoms with Gasteiger partial charge in [-0.2, -0.15) is 4.98 Å². The molecule has 0 saturated heterocycles. The zero-order valence-electron chi connectivity index (χ0n) is 11.0. The molecule has 1 fully saturated rings. The first-order valence-electron chi connectivity index (χ1n) is 6.40. The van der Waals surface area contributed by atoms with Crippen molar-refractivity contribution < 1.29 is 14.4 Å². The molecular weight excluding hydrogens is 234 g/mol. The van der Waals surface area contributed by atoms with Gasteiger partial charge in [0.25, 0.3) is 0 Å². The fourth-order valence-electron chi connectivity index (χ4n) is 2.32. The van der Waals surface area contributed by atoms with E-state index in [1.807, 2.05) is 6.92 Å². The van der Waals surface area contributed by atoms with Crippen LogP contribution in [-0.2, 0) is 11.3 Å². The van der Waals surface area contributed by atoms with Crippen LogP contribution in [0.3, 0.4) is 0 Å². The van der Waals surface area contributed by atoms with E-state index in [4.69, 9.17) is 9.26 Å². The third kappa shape index (κ3) is 2.88. The molecule has 6 nitrogen and oxygen atoms in total. The Morgan fingerprint density at radius 3 is 2.83 bits per heavy atom. The molecule has 0 bridgehead atoms. The van der Waals surface area contributed by atoms with Gasteiger partial charge in [-0.05, 0) is 19.8 Å². The van der Waals surface area contributed by atoms with Crippen molar-refractivity contribution in [1.82, 2.24) is 15.5 Å². The summed E-state index contributed by atoms with van der Waals surface area (Å²) >= 11 is 0. The van der Waals surface area contributed by atoms with Gasteiger partial charge in [0.1, 0.15) is 6.10 Å². The van der Waals surface area contributed by atoms with Crippen LogP contribution in [0.1, 0.15) is 50.4 Å². The molecule has 1 aromatic rings. The van der Waals surface area contributed by atoms with E-state index in [1.165, 1.54) is 0 Å². The summed E-state index contributed by atoms with van der Waals surface area (Å²) in [7, 11) is 1.61. The lowest BCUT2D eigenvalue weighted by atomic mass is 9.99. The molecule has 6 heteroatoms. The largest absolute Gasteiger partial charge is 0.394 e. The predicted octanol–water partition coefficient (Wildman–Crippen LogP) is 1.17. The topological polar surface area (TPSA) is 80.4 Å². The normalized spacial score (nSPS) is 20.2. The van der Waals surface area contributed by atoms with Gasteiger partial charge in [-0.1, -0.05) is 18.0 Å². The van der Waals surface area contributed by atoms with Gasteiger partial charge in [0.05, 0.1) is 13.2 Å². The van der Waals surface area contributed by atoms with Gasteiger partial charge in [0.15, 0.2) is 5.82 Å². The molecule has 1 heterocycles. The van der Waals surface area contributed by atoms with Gasteiger partial charge in [-0.3, -0.25) is 0 Å². The van der Waals surface area contributed by atoms with Crippen LogP contribution in [0.25, 0.3) is 0 Å². The number of nitrogens with zero attached hydrogens (tertiary/aromatic N) is 2. The van der Waals surface area contributed by atoms with E-state index in [0.717, 1.165) is 25.7 Å². The second-order valence-electron chi connectivity index (χ2n) is 4.92. The Labute approximate surface area is 107 Å². The van der Waals surface area contributed by atoms with Gasteiger partial charge in [-0.25, -0.2) is 0 Å². The molecule has 1 unspecified atom stereocenters. The van der Waals surface area contributed by atoms with E-state index in [1.54, 1.807) is 7.11 Å². The summed E-state index contributed by atoms with van der Waals surface area (Å²) in [6.07, 6.45) is 4.14. The van der Waals surface area contributed by atoms with Crippen molar-refractivity contribution >= 4 is 0 Å². The van der Waals surface area contributed by atoms with Crippen LogP contribution in [-0.4, -0.2) is 34.5 Å². The highest BCUT2D eigenvalue weighted by atomic mass is 16.5. The van der Waals surface area contributed by atoms with Gasteiger partial charge < -0.3 is 19.7 Å². The number of rotatable bonds is 6. The van der Waals surface area contributed by atoms with Crippen molar-refractivity contribution in [3.05, 3.63) is 11.7 Å². The van der Waals surface area contributed by atoms with E-state index in [0.29, 0.717) is 18.3 Å². The highest BCUT2D eigenvalue weighted by Gasteiger charge is 2.32. The third-order valence-electron chi connectivity index (χ3n) is 3.68. The lowest BCUT2D eigenvalue weighted by molar-refractivity contribution is 0.109. The first-order chi connectivity index (χ1) is 8.69. The van der Waals surface area contributed by atoms with Crippen LogP contribution < -0.4 is 5.32 Å². The maximum absolute atomic E-state index is 9.48. The first-order valence-corrected chi connectivity index (χ1v) is 6.40. The van der Waals surface area contributed by atoms with E-state index >= 15 is 0 Å². The first kappa shape index (κ1) is 13.5. The maximum atomic E-state index is 9.48. The number of nitrogens with one attached hydrogen (secondary N) is 1. The predicted molar refractivity (Wildman–Crippen MR) is 64.8 cm³/mol. The molecule has 1 aliphatic carbocycles. The third-order valence-corrected chi connectivity index (χ3v) is 3.68. The van der Waals surface area contributed by atoms with Crippen molar-refractivity contribution in [1.29, 1.82) is 0 Å². The number of hydrogen-bond donors (Lipinski definition) is 2. The van der Waals surface area contributed by atoms with Crippen molar-refractivity contribution in [2.75, 3.05) is 13.7 Å². The maximum Gasteiger partial charge on any atom is 0.240 e. The molecule has 0 spiro atoms. The van der Waals surface area contributed by atoms with Gasteiger partial charge in [0.2, 0.25) is 5.89 Å². The average molecular weight is 255 g/mol. The minimum absolute atomic E-state index is 0.155. The number of hydrogen-bond acceptors (Lipinski definition) is 6. The summed E-state index contributed by atoms with van der Waals surface area (Å²) in [5.41, 5.74) is -0.165. The molecule has 0 aliphatic heterocycles. The molecule has 1 aliphatic rings. The Balaban J connectivity index is 1.91. The average Bonchev–Trinajstić information content (AvgIpc) is 3.05. The van der Waals surface area contributed by atoms with Crippen molar-refractivity contribution in [2.45, 2.75) is 50.8 Å². The Bertz CT molecular complexity index is 374. The lowest BCUT2D eigenvalue weighted by Crippen LogP contribution is -2.45. The van der Waals surface area contributed by atoms with Crippen molar-refractivity contribution in [3.8, 4) is 0 Å². The summed E-state index contributed by atoms with van der Waals surface area (Å²) in [5.74, 6) is 1.09. The second kappa shape index (κ2) is 5.77. The van der Waals surface area contributed by atoms with Gasteiger partial charge in [0, 0.05) is 12.6 Å². The van der Waals surface area contributed by atoms with Crippen LogP contribution in [0.2, 0.25) is 0 Å². The monoisotopic (exact) mass is 255 g/mol. The molecule has 102 valence electrons. The number of ether oxygens (including phenoxy) is 1. The minimum atomic E-state index is -0.166. The van der Waals surface area contributed by atoms with E-state index < -0.39 is 0 Å². The fraction of sp³-hybridized carbons (Fsp3) is 0.833. The lowest BCUT2D eigenvalue weighted by Gasteiger charge is -2.27. The van der Waals surface area contributed by atoms with Gasteiger partial charge >= 0.3 is 0 Å².